The summed E-state index contributed by atoms with van der Waals surface area (Å²) in [5, 5.41) is 7.14. The van der Waals surface area contributed by atoms with Gasteiger partial charge >= 0.3 is 0 Å². The van der Waals surface area contributed by atoms with Crippen LogP contribution < -0.4 is 10.6 Å². The Morgan fingerprint density at radius 1 is 1.36 bits per heavy atom. The molecule has 3 unspecified atom stereocenters. The minimum atomic E-state index is 0.819. The summed E-state index contributed by atoms with van der Waals surface area (Å²) < 4.78 is 0. The Bertz CT molecular complexity index is 134. The van der Waals surface area contributed by atoms with Crippen LogP contribution in [0.15, 0.2) is 0 Å². The normalized spacial score (nSPS) is 42.8. The van der Waals surface area contributed by atoms with Crippen molar-refractivity contribution in [3.63, 3.8) is 0 Å². The third-order valence-electron chi connectivity index (χ3n) is 3.17. The number of fused-ring (bicyclic) bond motifs is 1. The van der Waals surface area contributed by atoms with E-state index in [1.54, 1.807) is 0 Å². The van der Waals surface area contributed by atoms with Gasteiger partial charge in [0.1, 0.15) is 0 Å². The first-order valence-corrected chi connectivity index (χ1v) is 4.88. The maximum absolute atomic E-state index is 3.58. The molecule has 2 N–H and O–H groups in total. The molecule has 64 valence electrons. The summed E-state index contributed by atoms with van der Waals surface area (Å²) in [4.78, 5) is 0. The van der Waals surface area contributed by atoms with Crippen molar-refractivity contribution in [1.82, 2.24) is 10.6 Å². The first-order valence-electron chi connectivity index (χ1n) is 4.88. The fraction of sp³-hybridized carbons (Fsp3) is 1.00. The maximum Gasteiger partial charge on any atom is 0.0111 e. The smallest absolute Gasteiger partial charge is 0.0111 e. The highest BCUT2D eigenvalue weighted by molar-refractivity contribution is 4.97. The standard InChI is InChI=1S/C9H18N2/c1-2-10-8-3-4-9-7(8)5-6-11-9/h7-11H,2-6H2,1H3. The van der Waals surface area contributed by atoms with Gasteiger partial charge in [0.05, 0.1) is 0 Å². The van der Waals surface area contributed by atoms with Crippen molar-refractivity contribution in [2.45, 2.75) is 38.3 Å². The molecule has 1 aliphatic heterocycles. The van der Waals surface area contributed by atoms with E-state index in [4.69, 9.17) is 0 Å². The van der Waals surface area contributed by atoms with E-state index in [9.17, 15) is 0 Å². The molecule has 2 fully saturated rings. The van der Waals surface area contributed by atoms with Crippen LogP contribution in [0.25, 0.3) is 0 Å². The van der Waals surface area contributed by atoms with Crippen LogP contribution in [0.1, 0.15) is 26.2 Å². The van der Waals surface area contributed by atoms with Gasteiger partial charge in [0.2, 0.25) is 0 Å². The zero-order chi connectivity index (χ0) is 7.68. The molecule has 1 saturated heterocycles. The van der Waals surface area contributed by atoms with E-state index in [0.717, 1.165) is 24.5 Å². The van der Waals surface area contributed by atoms with E-state index >= 15 is 0 Å². The molecular formula is C9H18N2. The molecule has 0 aromatic carbocycles. The zero-order valence-corrected chi connectivity index (χ0v) is 7.27. The number of rotatable bonds is 2. The molecule has 0 bridgehead atoms. The van der Waals surface area contributed by atoms with Gasteiger partial charge in [-0.15, -0.1) is 0 Å². The number of hydrogen-bond donors (Lipinski definition) is 2. The monoisotopic (exact) mass is 154 g/mol. The molecule has 1 saturated carbocycles. The minimum absolute atomic E-state index is 0.819. The van der Waals surface area contributed by atoms with Crippen LogP contribution in [0.2, 0.25) is 0 Å². The molecule has 0 aromatic rings. The molecule has 1 aliphatic carbocycles. The van der Waals surface area contributed by atoms with E-state index in [1.165, 1.54) is 25.8 Å². The average Bonchev–Trinajstić information content (AvgIpc) is 2.53. The Morgan fingerprint density at radius 2 is 2.27 bits per heavy atom. The van der Waals surface area contributed by atoms with E-state index in [0.29, 0.717) is 0 Å². The second-order valence-corrected chi connectivity index (χ2v) is 3.75. The van der Waals surface area contributed by atoms with Crippen molar-refractivity contribution in [1.29, 1.82) is 0 Å². The molecule has 2 rings (SSSR count). The topological polar surface area (TPSA) is 24.1 Å². The first kappa shape index (κ1) is 7.56. The number of hydrogen-bond acceptors (Lipinski definition) is 2. The van der Waals surface area contributed by atoms with Crippen LogP contribution in [0.3, 0.4) is 0 Å². The van der Waals surface area contributed by atoms with Gasteiger partial charge in [0.15, 0.2) is 0 Å². The summed E-state index contributed by atoms with van der Waals surface area (Å²) in [6.45, 7) is 4.58. The average molecular weight is 154 g/mol. The molecular weight excluding hydrogens is 136 g/mol. The summed E-state index contributed by atoms with van der Waals surface area (Å²) in [5.41, 5.74) is 0. The third kappa shape index (κ3) is 1.30. The van der Waals surface area contributed by atoms with Gasteiger partial charge in [-0.2, -0.15) is 0 Å². The summed E-state index contributed by atoms with van der Waals surface area (Å²) >= 11 is 0. The van der Waals surface area contributed by atoms with Crippen molar-refractivity contribution >= 4 is 0 Å². The van der Waals surface area contributed by atoms with Gasteiger partial charge in [-0.05, 0) is 38.3 Å². The lowest BCUT2D eigenvalue weighted by atomic mass is 10.0. The van der Waals surface area contributed by atoms with Crippen molar-refractivity contribution < 1.29 is 0 Å². The van der Waals surface area contributed by atoms with Crippen molar-refractivity contribution in [3.05, 3.63) is 0 Å². The Balaban J connectivity index is 1.92. The van der Waals surface area contributed by atoms with Gasteiger partial charge < -0.3 is 10.6 Å². The molecule has 0 amide bonds. The lowest BCUT2D eigenvalue weighted by Crippen LogP contribution is -2.34. The molecule has 2 aliphatic rings. The Kier molecular flexibility index (Phi) is 2.14. The predicted molar refractivity (Wildman–Crippen MR) is 46.6 cm³/mol. The van der Waals surface area contributed by atoms with Crippen LogP contribution in [0.5, 0.6) is 0 Å². The summed E-state index contributed by atoms with van der Waals surface area (Å²) in [5.74, 6) is 0.940. The Labute approximate surface area is 68.7 Å². The molecule has 0 radical (unpaired) electrons. The molecule has 0 spiro atoms. The van der Waals surface area contributed by atoms with Gasteiger partial charge in [-0.3, -0.25) is 0 Å². The van der Waals surface area contributed by atoms with E-state index in [2.05, 4.69) is 17.6 Å². The fourth-order valence-corrected chi connectivity index (χ4v) is 2.67. The van der Waals surface area contributed by atoms with E-state index in [-0.39, 0.29) is 0 Å². The highest BCUT2D eigenvalue weighted by Gasteiger charge is 2.38. The van der Waals surface area contributed by atoms with Crippen molar-refractivity contribution in [2.75, 3.05) is 13.1 Å². The first-order chi connectivity index (χ1) is 5.42. The fourth-order valence-electron chi connectivity index (χ4n) is 2.67. The van der Waals surface area contributed by atoms with E-state index < -0.39 is 0 Å². The molecule has 3 atom stereocenters. The molecule has 11 heavy (non-hydrogen) atoms. The molecule has 1 heterocycles. The summed E-state index contributed by atoms with van der Waals surface area (Å²) in [6, 6.07) is 1.67. The van der Waals surface area contributed by atoms with Crippen LogP contribution >= 0.6 is 0 Å². The Hall–Kier alpha value is -0.0800. The van der Waals surface area contributed by atoms with Crippen molar-refractivity contribution in [2.24, 2.45) is 5.92 Å². The van der Waals surface area contributed by atoms with Gasteiger partial charge in [0, 0.05) is 12.1 Å². The molecule has 0 aromatic heterocycles. The van der Waals surface area contributed by atoms with Crippen LogP contribution in [0.4, 0.5) is 0 Å². The zero-order valence-electron chi connectivity index (χ0n) is 7.27. The third-order valence-corrected chi connectivity index (χ3v) is 3.17. The van der Waals surface area contributed by atoms with Crippen molar-refractivity contribution in [3.8, 4) is 0 Å². The quantitative estimate of drug-likeness (QED) is 0.613. The van der Waals surface area contributed by atoms with Crippen LogP contribution in [0, 0.1) is 5.92 Å². The minimum Gasteiger partial charge on any atom is -0.314 e. The summed E-state index contributed by atoms with van der Waals surface area (Å²) in [7, 11) is 0. The molecule has 2 heteroatoms. The lowest BCUT2D eigenvalue weighted by molar-refractivity contribution is 0.404. The highest BCUT2D eigenvalue weighted by atomic mass is 15.0. The highest BCUT2D eigenvalue weighted by Crippen LogP contribution is 2.32. The predicted octanol–water partition coefficient (Wildman–Crippen LogP) is 0.736. The van der Waals surface area contributed by atoms with Gasteiger partial charge in [-0.25, -0.2) is 0 Å². The number of nitrogens with one attached hydrogen (secondary N) is 2. The van der Waals surface area contributed by atoms with Crippen LogP contribution in [-0.4, -0.2) is 25.2 Å². The second kappa shape index (κ2) is 3.11. The lowest BCUT2D eigenvalue weighted by Gasteiger charge is -2.18. The summed E-state index contributed by atoms with van der Waals surface area (Å²) in [6.07, 6.45) is 4.17. The second-order valence-electron chi connectivity index (χ2n) is 3.75. The van der Waals surface area contributed by atoms with Gasteiger partial charge in [0.25, 0.3) is 0 Å². The largest absolute Gasteiger partial charge is 0.314 e. The van der Waals surface area contributed by atoms with Gasteiger partial charge in [-0.1, -0.05) is 6.92 Å². The van der Waals surface area contributed by atoms with Crippen LogP contribution in [-0.2, 0) is 0 Å². The Morgan fingerprint density at radius 3 is 3.09 bits per heavy atom. The maximum atomic E-state index is 3.58. The SMILES string of the molecule is CCNC1CCC2NCCC12. The van der Waals surface area contributed by atoms with E-state index in [1.807, 2.05) is 0 Å². The molecule has 2 nitrogen and oxygen atoms in total.